The Balaban J connectivity index is 0.000000162. The first-order chi connectivity index (χ1) is 13.6. The molecule has 150 valence electrons. The van der Waals surface area contributed by atoms with E-state index >= 15 is 0 Å². The van der Waals surface area contributed by atoms with Crippen LogP contribution in [0.4, 0.5) is 5.69 Å². The van der Waals surface area contributed by atoms with Gasteiger partial charge in [-0.15, -0.1) is 22.7 Å². The van der Waals surface area contributed by atoms with Crippen molar-refractivity contribution < 1.29 is 0 Å². The molecule has 1 fully saturated rings. The molecular weight excluding hydrogens is 512 g/mol. The molecule has 1 N–H and O–H groups in total. The minimum absolute atomic E-state index is 0.888. The molecule has 0 bridgehead atoms. The first kappa shape index (κ1) is 22.5. The number of benzene rings is 1. The highest BCUT2D eigenvalue weighted by Crippen LogP contribution is 2.34. The van der Waals surface area contributed by atoms with Crippen molar-refractivity contribution in [1.82, 2.24) is 4.31 Å². The van der Waals surface area contributed by atoms with E-state index < -0.39 is 0 Å². The Bertz CT molecular complexity index is 844. The zero-order valence-electron chi connectivity index (χ0n) is 15.5. The van der Waals surface area contributed by atoms with E-state index in [1.165, 1.54) is 46.3 Å². The maximum absolute atomic E-state index is 5.86. The van der Waals surface area contributed by atoms with Crippen LogP contribution in [0, 0.1) is 6.92 Å². The predicted molar refractivity (Wildman–Crippen MR) is 133 cm³/mol. The highest BCUT2D eigenvalue weighted by molar-refractivity contribution is 9.11. The molecule has 8 heteroatoms. The number of piperidine rings is 1. The minimum Gasteiger partial charge on any atom is -0.325 e. The molecule has 1 saturated heterocycles. The van der Waals surface area contributed by atoms with Crippen molar-refractivity contribution in [2.24, 2.45) is 0 Å². The minimum atomic E-state index is 0.888. The molecule has 0 atom stereocenters. The number of aryl methyl sites for hydroxylation is 1. The summed E-state index contributed by atoms with van der Waals surface area (Å²) in [6.45, 7) is 4.54. The largest absolute Gasteiger partial charge is 0.325 e. The number of rotatable bonds is 5. The molecule has 0 amide bonds. The Morgan fingerprint density at radius 3 is 2.25 bits per heavy atom. The van der Waals surface area contributed by atoms with Gasteiger partial charge < -0.3 is 4.72 Å². The third kappa shape index (κ3) is 7.94. The molecule has 28 heavy (non-hydrogen) atoms. The van der Waals surface area contributed by atoms with Crippen LogP contribution in [0.3, 0.4) is 0 Å². The van der Waals surface area contributed by atoms with Crippen molar-refractivity contribution in [3.05, 3.63) is 62.2 Å². The Morgan fingerprint density at radius 2 is 1.64 bits per heavy atom. The van der Waals surface area contributed by atoms with Gasteiger partial charge in [0, 0.05) is 18.8 Å². The van der Waals surface area contributed by atoms with Gasteiger partial charge in [0.1, 0.15) is 0 Å². The Labute approximate surface area is 197 Å². The second-order valence-electron chi connectivity index (χ2n) is 6.27. The summed E-state index contributed by atoms with van der Waals surface area (Å²) in [4.78, 5) is 0. The molecule has 0 saturated carbocycles. The van der Waals surface area contributed by atoms with Gasteiger partial charge in [-0.2, -0.15) is 0 Å². The van der Waals surface area contributed by atoms with Gasteiger partial charge in [-0.05, 0) is 96.0 Å². The zero-order chi connectivity index (χ0) is 19.8. The fraction of sp³-hybridized carbons (Fsp3) is 0.300. The fourth-order valence-corrected chi connectivity index (χ4v) is 7.48. The lowest BCUT2D eigenvalue weighted by Crippen LogP contribution is -2.22. The van der Waals surface area contributed by atoms with E-state index in [-0.39, 0.29) is 0 Å². The van der Waals surface area contributed by atoms with Gasteiger partial charge in [0.2, 0.25) is 0 Å². The molecule has 3 aromatic rings. The third-order valence-electron chi connectivity index (χ3n) is 3.95. The summed E-state index contributed by atoms with van der Waals surface area (Å²) in [5.74, 6) is 0. The molecule has 0 unspecified atom stereocenters. The zero-order valence-corrected chi connectivity index (χ0v) is 21.1. The molecule has 1 aliphatic rings. The van der Waals surface area contributed by atoms with E-state index in [0.29, 0.717) is 0 Å². The molecule has 0 aliphatic carbocycles. The molecule has 2 aromatic heterocycles. The van der Waals surface area contributed by atoms with Crippen molar-refractivity contribution in [2.45, 2.75) is 34.6 Å². The molecule has 4 rings (SSSR count). The lowest BCUT2D eigenvalue weighted by molar-refractivity contribution is 0.381. The first-order valence-electron chi connectivity index (χ1n) is 9.01. The monoisotopic (exact) mass is 532 g/mol. The van der Waals surface area contributed by atoms with Gasteiger partial charge in [-0.3, -0.25) is 0 Å². The topological polar surface area (TPSA) is 15.3 Å². The summed E-state index contributed by atoms with van der Waals surface area (Å²) in [6.07, 6.45) is 4.07. The van der Waals surface area contributed by atoms with Crippen LogP contribution in [-0.4, -0.2) is 17.4 Å². The van der Waals surface area contributed by atoms with Crippen molar-refractivity contribution in [1.29, 1.82) is 0 Å². The lowest BCUT2D eigenvalue weighted by Gasteiger charge is -2.24. The highest BCUT2D eigenvalue weighted by Gasteiger charge is 2.12. The smallest absolute Gasteiger partial charge is 0.0940 e. The van der Waals surface area contributed by atoms with E-state index in [0.717, 1.165) is 13.8 Å². The average molecular weight is 534 g/mol. The fourth-order valence-electron chi connectivity index (χ4n) is 2.51. The summed E-state index contributed by atoms with van der Waals surface area (Å²) in [7, 11) is 0. The van der Waals surface area contributed by atoms with Gasteiger partial charge in [-0.25, -0.2) is 4.31 Å². The summed E-state index contributed by atoms with van der Waals surface area (Å²) in [5, 5.41) is 0. The second kappa shape index (κ2) is 11.9. The van der Waals surface area contributed by atoms with Crippen LogP contribution in [0.15, 0.2) is 60.7 Å². The molecular formula is C20H22BrClN2S4. The van der Waals surface area contributed by atoms with Crippen LogP contribution in [0.2, 0.25) is 4.34 Å². The number of hydrogen-bond acceptors (Lipinski definition) is 6. The SMILES string of the molecule is Cc1ccc(NSc2ccc(Br)s2)cc1.Clc1ccc(SN2CCCCC2)s1. The van der Waals surface area contributed by atoms with Gasteiger partial charge >= 0.3 is 0 Å². The van der Waals surface area contributed by atoms with Crippen LogP contribution < -0.4 is 4.72 Å². The molecule has 3 heterocycles. The first-order valence-corrected chi connectivity index (χ1v) is 13.4. The number of halogens is 2. The van der Waals surface area contributed by atoms with E-state index in [4.69, 9.17) is 11.6 Å². The Hall–Kier alpha value is -0.150. The number of hydrogen-bond donors (Lipinski definition) is 1. The Morgan fingerprint density at radius 1 is 0.929 bits per heavy atom. The quantitative estimate of drug-likeness (QED) is 0.329. The predicted octanol–water partition coefficient (Wildman–Crippen LogP) is 8.83. The molecule has 0 spiro atoms. The molecule has 2 nitrogen and oxygen atoms in total. The lowest BCUT2D eigenvalue weighted by atomic mass is 10.2. The van der Waals surface area contributed by atoms with Crippen LogP contribution >= 0.6 is 74.1 Å². The second-order valence-corrected chi connectivity index (χ2v) is 13.0. The summed E-state index contributed by atoms with van der Waals surface area (Å²) in [5.41, 5.74) is 2.42. The van der Waals surface area contributed by atoms with Gasteiger partial charge in [0.15, 0.2) is 0 Å². The third-order valence-corrected chi connectivity index (χ3v) is 8.98. The number of nitrogens with one attached hydrogen (secondary N) is 1. The Kier molecular flexibility index (Phi) is 9.57. The van der Waals surface area contributed by atoms with Crippen LogP contribution in [-0.2, 0) is 0 Å². The van der Waals surface area contributed by atoms with Gasteiger partial charge in [0.05, 0.1) is 16.5 Å². The number of thiophene rings is 2. The van der Waals surface area contributed by atoms with Crippen LogP contribution in [0.5, 0.6) is 0 Å². The van der Waals surface area contributed by atoms with Crippen molar-refractivity contribution in [3.8, 4) is 0 Å². The van der Waals surface area contributed by atoms with Gasteiger partial charge in [0.25, 0.3) is 0 Å². The van der Waals surface area contributed by atoms with E-state index in [2.05, 4.69) is 74.3 Å². The van der Waals surface area contributed by atoms with E-state index in [1.54, 1.807) is 34.6 Å². The maximum Gasteiger partial charge on any atom is 0.0940 e. The average Bonchev–Trinajstić information content (AvgIpc) is 3.30. The van der Waals surface area contributed by atoms with Crippen molar-refractivity contribution in [2.75, 3.05) is 17.8 Å². The summed E-state index contributed by atoms with van der Waals surface area (Å²) >= 11 is 16.2. The normalized spacial score (nSPS) is 14.4. The van der Waals surface area contributed by atoms with E-state index in [9.17, 15) is 0 Å². The standard InChI is InChI=1S/C11H10BrNS2.C9H12ClNS2/c1-8-2-4-9(5-3-8)13-15-11-7-6-10(12)14-11;10-8-4-5-9(12-8)13-11-6-2-1-3-7-11/h2-7,13H,1H3;4-5H,1-3,6-7H2. The van der Waals surface area contributed by atoms with Crippen LogP contribution in [0.25, 0.3) is 0 Å². The highest BCUT2D eigenvalue weighted by atomic mass is 79.9. The molecule has 1 aromatic carbocycles. The number of nitrogens with zero attached hydrogens (tertiary/aromatic N) is 1. The van der Waals surface area contributed by atoms with Crippen molar-refractivity contribution in [3.63, 3.8) is 0 Å². The summed E-state index contributed by atoms with van der Waals surface area (Å²) in [6, 6.07) is 16.6. The van der Waals surface area contributed by atoms with E-state index in [1.807, 2.05) is 18.0 Å². The van der Waals surface area contributed by atoms with Crippen molar-refractivity contribution >= 4 is 79.8 Å². The maximum atomic E-state index is 5.86. The van der Waals surface area contributed by atoms with Crippen LogP contribution in [0.1, 0.15) is 24.8 Å². The molecule has 1 aliphatic heterocycles. The molecule has 0 radical (unpaired) electrons. The summed E-state index contributed by atoms with van der Waals surface area (Å²) < 4.78 is 10.4. The number of anilines is 1. The van der Waals surface area contributed by atoms with Gasteiger partial charge in [-0.1, -0.05) is 35.7 Å².